The fraction of sp³-hybridized carbons (Fsp3) is 0.250. The van der Waals surface area contributed by atoms with Crippen LogP contribution >= 0.6 is 0 Å². The van der Waals surface area contributed by atoms with Crippen molar-refractivity contribution in [3.8, 4) is 0 Å². The van der Waals surface area contributed by atoms with Gasteiger partial charge in [0.05, 0.1) is 11.9 Å². The maximum absolute atomic E-state index is 12.8. The van der Waals surface area contributed by atoms with Crippen LogP contribution in [0.15, 0.2) is 48.8 Å². The van der Waals surface area contributed by atoms with Crippen LogP contribution in [-0.4, -0.2) is 41.9 Å². The van der Waals surface area contributed by atoms with Crippen molar-refractivity contribution < 1.29 is 9.59 Å². The van der Waals surface area contributed by atoms with Gasteiger partial charge in [-0.05, 0) is 23.8 Å². The van der Waals surface area contributed by atoms with Crippen LogP contribution in [0.1, 0.15) is 12.5 Å². The molecule has 3 N–H and O–H groups in total. The van der Waals surface area contributed by atoms with E-state index in [1.165, 1.54) is 6.92 Å². The van der Waals surface area contributed by atoms with Crippen molar-refractivity contribution in [1.29, 1.82) is 0 Å². The quantitative estimate of drug-likeness (QED) is 0.625. The van der Waals surface area contributed by atoms with Crippen LogP contribution in [0.2, 0.25) is 0 Å². The topological polar surface area (TPSA) is 90.1 Å². The molecular formula is C20H23N5O2. The molecule has 0 saturated heterocycles. The summed E-state index contributed by atoms with van der Waals surface area (Å²) in [7, 11) is 3.79. The fourth-order valence-corrected chi connectivity index (χ4v) is 2.93. The zero-order valence-electron chi connectivity index (χ0n) is 15.6. The molecule has 2 amide bonds. The molecule has 0 fully saturated rings. The van der Waals surface area contributed by atoms with Crippen molar-refractivity contribution >= 4 is 34.2 Å². The van der Waals surface area contributed by atoms with Gasteiger partial charge in [0.2, 0.25) is 11.8 Å². The number of nitrogens with one attached hydrogen (secondary N) is 3. The van der Waals surface area contributed by atoms with Crippen molar-refractivity contribution in [2.75, 3.05) is 24.3 Å². The highest BCUT2D eigenvalue weighted by Gasteiger charge is 2.21. The number of aromatic nitrogens is 2. The summed E-state index contributed by atoms with van der Waals surface area (Å²) in [4.78, 5) is 33.7. The van der Waals surface area contributed by atoms with Gasteiger partial charge in [-0.25, -0.2) is 4.98 Å². The first-order valence-corrected chi connectivity index (χ1v) is 8.70. The number of para-hydroxylation sites is 1. The number of amides is 2. The second kappa shape index (κ2) is 7.90. The predicted molar refractivity (Wildman–Crippen MR) is 107 cm³/mol. The van der Waals surface area contributed by atoms with Crippen LogP contribution < -0.4 is 15.5 Å². The Bertz CT molecular complexity index is 946. The fourth-order valence-electron chi connectivity index (χ4n) is 2.93. The summed E-state index contributed by atoms with van der Waals surface area (Å²) in [6.07, 6.45) is 3.86. The Hall–Kier alpha value is -3.35. The summed E-state index contributed by atoms with van der Waals surface area (Å²) in [5.41, 5.74) is 2.55. The Morgan fingerprint density at radius 2 is 1.96 bits per heavy atom. The summed E-state index contributed by atoms with van der Waals surface area (Å²) in [6, 6.07) is 10.8. The zero-order valence-corrected chi connectivity index (χ0v) is 15.6. The maximum Gasteiger partial charge on any atom is 0.247 e. The van der Waals surface area contributed by atoms with Crippen LogP contribution in [0.5, 0.6) is 0 Å². The molecule has 1 aromatic carbocycles. The molecule has 1 atom stereocenters. The number of carbonyl (C=O) groups is 2. The lowest BCUT2D eigenvalue weighted by Gasteiger charge is -2.18. The average molecular weight is 365 g/mol. The van der Waals surface area contributed by atoms with Gasteiger partial charge in [0, 0.05) is 44.5 Å². The number of carbonyl (C=O) groups excluding carboxylic acids is 2. The van der Waals surface area contributed by atoms with E-state index in [0.717, 1.165) is 22.3 Å². The van der Waals surface area contributed by atoms with Gasteiger partial charge in [0.15, 0.2) is 0 Å². The minimum Gasteiger partial charge on any atom is -0.363 e. The van der Waals surface area contributed by atoms with Gasteiger partial charge in [0.1, 0.15) is 11.9 Å². The molecule has 7 nitrogen and oxygen atoms in total. The summed E-state index contributed by atoms with van der Waals surface area (Å²) in [5.74, 6) is 0.260. The number of anilines is 2. The molecule has 0 aliphatic carbocycles. The van der Waals surface area contributed by atoms with Crippen LogP contribution in [-0.2, 0) is 16.0 Å². The monoisotopic (exact) mass is 365 g/mol. The summed E-state index contributed by atoms with van der Waals surface area (Å²) in [6.45, 7) is 1.41. The second-order valence-corrected chi connectivity index (χ2v) is 6.61. The molecule has 0 bridgehead atoms. The minimum atomic E-state index is -0.685. The number of hydrogen-bond donors (Lipinski definition) is 3. The van der Waals surface area contributed by atoms with E-state index in [1.807, 2.05) is 55.5 Å². The minimum absolute atomic E-state index is 0.254. The normalized spacial score (nSPS) is 11.8. The average Bonchev–Trinajstić information content (AvgIpc) is 3.04. The third kappa shape index (κ3) is 4.44. The van der Waals surface area contributed by atoms with Gasteiger partial charge >= 0.3 is 0 Å². The van der Waals surface area contributed by atoms with Crippen LogP contribution in [0, 0.1) is 0 Å². The summed E-state index contributed by atoms with van der Waals surface area (Å²) in [5, 5.41) is 6.61. The van der Waals surface area contributed by atoms with Gasteiger partial charge in [-0.15, -0.1) is 0 Å². The number of benzene rings is 1. The first kappa shape index (κ1) is 18.4. The first-order valence-electron chi connectivity index (χ1n) is 8.70. The van der Waals surface area contributed by atoms with Gasteiger partial charge in [-0.1, -0.05) is 18.2 Å². The Kier molecular flexibility index (Phi) is 5.40. The number of hydrogen-bond acceptors (Lipinski definition) is 4. The molecule has 0 spiro atoms. The Labute approximate surface area is 157 Å². The summed E-state index contributed by atoms with van der Waals surface area (Å²) < 4.78 is 0. The standard InChI is InChI=1S/C20H23N5O2/c1-13(26)23-18(10-14-11-21-17-7-5-4-6-16(14)17)20(27)24-15-8-9-19(22-12-15)25(2)3/h4-9,11-12,18,21H,10H2,1-3H3,(H,23,26)(H,24,27)/t18-/m0/s1. The van der Waals surface area contributed by atoms with Gasteiger partial charge < -0.3 is 20.5 Å². The Morgan fingerprint density at radius 3 is 2.63 bits per heavy atom. The smallest absolute Gasteiger partial charge is 0.247 e. The van der Waals surface area contributed by atoms with E-state index in [-0.39, 0.29) is 11.8 Å². The SMILES string of the molecule is CC(=O)N[C@@H](Cc1c[nH]c2ccccc12)C(=O)Nc1ccc(N(C)C)nc1. The molecule has 2 heterocycles. The molecule has 0 unspecified atom stereocenters. The van der Waals surface area contributed by atoms with Crippen molar-refractivity contribution in [3.05, 3.63) is 54.4 Å². The molecule has 3 rings (SSSR count). The molecule has 0 radical (unpaired) electrons. The van der Waals surface area contributed by atoms with E-state index < -0.39 is 6.04 Å². The lowest BCUT2D eigenvalue weighted by Crippen LogP contribution is -2.44. The highest BCUT2D eigenvalue weighted by atomic mass is 16.2. The molecule has 27 heavy (non-hydrogen) atoms. The van der Waals surface area contributed by atoms with Crippen LogP contribution in [0.4, 0.5) is 11.5 Å². The van der Waals surface area contributed by atoms with Crippen molar-refractivity contribution in [1.82, 2.24) is 15.3 Å². The summed E-state index contributed by atoms with van der Waals surface area (Å²) >= 11 is 0. The van der Waals surface area contributed by atoms with Crippen LogP contribution in [0.25, 0.3) is 10.9 Å². The van der Waals surface area contributed by atoms with Gasteiger partial charge in [0.25, 0.3) is 0 Å². The van der Waals surface area contributed by atoms with Crippen molar-refractivity contribution in [3.63, 3.8) is 0 Å². The highest BCUT2D eigenvalue weighted by molar-refractivity contribution is 5.97. The van der Waals surface area contributed by atoms with E-state index >= 15 is 0 Å². The second-order valence-electron chi connectivity index (χ2n) is 6.61. The number of H-pyrrole nitrogens is 1. The Balaban J connectivity index is 1.77. The highest BCUT2D eigenvalue weighted by Crippen LogP contribution is 2.20. The largest absolute Gasteiger partial charge is 0.363 e. The van der Waals surface area contributed by atoms with E-state index in [0.29, 0.717) is 12.1 Å². The number of rotatable bonds is 6. The van der Waals surface area contributed by atoms with E-state index in [1.54, 1.807) is 12.3 Å². The van der Waals surface area contributed by atoms with E-state index in [9.17, 15) is 9.59 Å². The molecule has 0 aliphatic rings. The number of pyridine rings is 1. The van der Waals surface area contributed by atoms with Gasteiger partial charge in [-0.3, -0.25) is 9.59 Å². The van der Waals surface area contributed by atoms with E-state index in [4.69, 9.17) is 0 Å². The molecule has 7 heteroatoms. The molecule has 3 aromatic rings. The van der Waals surface area contributed by atoms with Crippen molar-refractivity contribution in [2.45, 2.75) is 19.4 Å². The first-order chi connectivity index (χ1) is 12.9. The zero-order chi connectivity index (χ0) is 19.4. The lowest BCUT2D eigenvalue weighted by molar-refractivity contribution is -0.125. The Morgan fingerprint density at radius 1 is 1.19 bits per heavy atom. The van der Waals surface area contributed by atoms with Crippen molar-refractivity contribution in [2.24, 2.45) is 0 Å². The molecule has 0 saturated carbocycles. The maximum atomic E-state index is 12.8. The molecule has 0 aliphatic heterocycles. The molecular weight excluding hydrogens is 342 g/mol. The lowest BCUT2D eigenvalue weighted by atomic mass is 10.0. The number of aromatic amines is 1. The van der Waals surface area contributed by atoms with Gasteiger partial charge in [-0.2, -0.15) is 0 Å². The predicted octanol–water partition coefficient (Wildman–Crippen LogP) is 2.31. The number of fused-ring (bicyclic) bond motifs is 1. The molecule has 2 aromatic heterocycles. The van der Waals surface area contributed by atoms with Crippen LogP contribution in [0.3, 0.4) is 0 Å². The number of nitrogens with zero attached hydrogens (tertiary/aromatic N) is 2. The third-order valence-electron chi connectivity index (χ3n) is 4.27. The third-order valence-corrected chi connectivity index (χ3v) is 4.27. The van der Waals surface area contributed by atoms with E-state index in [2.05, 4.69) is 20.6 Å². The molecule has 140 valence electrons.